The SMILES string of the molecule is CCC(CC(=O)O)NS(=O)(=O)c1ccc(F)cc1Br. The lowest BCUT2D eigenvalue weighted by Gasteiger charge is -2.15. The van der Waals surface area contributed by atoms with Crippen LogP contribution in [-0.2, 0) is 14.8 Å². The Morgan fingerprint density at radius 3 is 2.63 bits per heavy atom. The van der Waals surface area contributed by atoms with E-state index < -0.39 is 27.9 Å². The second-order valence-electron chi connectivity index (χ2n) is 3.90. The van der Waals surface area contributed by atoms with Crippen molar-refractivity contribution in [3.8, 4) is 0 Å². The molecular formula is C11H13BrFNO4S. The molecular weight excluding hydrogens is 341 g/mol. The fraction of sp³-hybridized carbons (Fsp3) is 0.364. The zero-order valence-corrected chi connectivity index (χ0v) is 12.5. The molecule has 19 heavy (non-hydrogen) atoms. The van der Waals surface area contributed by atoms with Crippen molar-refractivity contribution in [1.29, 1.82) is 0 Å². The van der Waals surface area contributed by atoms with Gasteiger partial charge in [0, 0.05) is 10.5 Å². The van der Waals surface area contributed by atoms with E-state index in [1.165, 1.54) is 0 Å². The van der Waals surface area contributed by atoms with Crippen LogP contribution in [0.15, 0.2) is 27.6 Å². The van der Waals surface area contributed by atoms with Crippen LogP contribution in [-0.4, -0.2) is 25.5 Å². The van der Waals surface area contributed by atoms with Crippen LogP contribution in [0.1, 0.15) is 19.8 Å². The van der Waals surface area contributed by atoms with Crippen molar-refractivity contribution in [3.63, 3.8) is 0 Å². The van der Waals surface area contributed by atoms with Crippen LogP contribution in [0.25, 0.3) is 0 Å². The third kappa shape index (κ3) is 4.55. The Kier molecular flexibility index (Phi) is 5.45. The Balaban J connectivity index is 3.00. The van der Waals surface area contributed by atoms with Gasteiger partial charge in [0.15, 0.2) is 0 Å². The normalized spacial score (nSPS) is 13.2. The van der Waals surface area contributed by atoms with E-state index in [0.717, 1.165) is 18.2 Å². The van der Waals surface area contributed by atoms with Gasteiger partial charge in [0.2, 0.25) is 10.0 Å². The van der Waals surface area contributed by atoms with Gasteiger partial charge in [-0.15, -0.1) is 0 Å². The second kappa shape index (κ2) is 6.44. The van der Waals surface area contributed by atoms with Crippen LogP contribution in [0, 0.1) is 5.82 Å². The average Bonchev–Trinajstić information content (AvgIpc) is 2.26. The topological polar surface area (TPSA) is 83.5 Å². The average molecular weight is 354 g/mol. The van der Waals surface area contributed by atoms with Gasteiger partial charge in [0.05, 0.1) is 11.3 Å². The van der Waals surface area contributed by atoms with Crippen LogP contribution in [0.5, 0.6) is 0 Å². The zero-order valence-electron chi connectivity index (χ0n) is 10.1. The maximum atomic E-state index is 12.9. The Morgan fingerprint density at radius 1 is 1.53 bits per heavy atom. The number of carboxylic acid groups (broad SMARTS) is 1. The van der Waals surface area contributed by atoms with Gasteiger partial charge in [-0.25, -0.2) is 17.5 Å². The molecule has 0 aliphatic heterocycles. The van der Waals surface area contributed by atoms with Crippen molar-refractivity contribution in [2.75, 3.05) is 0 Å². The minimum absolute atomic E-state index is 0.0881. The van der Waals surface area contributed by atoms with E-state index in [4.69, 9.17) is 5.11 Å². The van der Waals surface area contributed by atoms with Gasteiger partial charge < -0.3 is 5.11 Å². The Bertz CT molecular complexity index is 576. The van der Waals surface area contributed by atoms with Crippen LogP contribution in [0.4, 0.5) is 4.39 Å². The third-order valence-electron chi connectivity index (χ3n) is 2.42. The molecule has 0 fully saturated rings. The standard InChI is InChI=1S/C11H13BrFNO4S/c1-2-8(6-11(15)16)14-19(17,18)10-4-3-7(13)5-9(10)12/h3-5,8,14H,2,6H2,1H3,(H,15,16). The van der Waals surface area contributed by atoms with Crippen molar-refractivity contribution < 1.29 is 22.7 Å². The number of carbonyl (C=O) groups is 1. The van der Waals surface area contributed by atoms with Gasteiger partial charge in [-0.2, -0.15) is 0 Å². The first-order valence-corrected chi connectivity index (χ1v) is 7.73. The van der Waals surface area contributed by atoms with Crippen molar-refractivity contribution >= 4 is 31.9 Å². The molecule has 0 radical (unpaired) electrons. The van der Waals surface area contributed by atoms with E-state index in [9.17, 15) is 17.6 Å². The highest BCUT2D eigenvalue weighted by Crippen LogP contribution is 2.23. The largest absolute Gasteiger partial charge is 0.481 e. The molecule has 1 atom stereocenters. The maximum Gasteiger partial charge on any atom is 0.304 e. The lowest BCUT2D eigenvalue weighted by Crippen LogP contribution is -2.36. The van der Waals surface area contributed by atoms with E-state index in [1.807, 2.05) is 0 Å². The first-order valence-electron chi connectivity index (χ1n) is 5.45. The molecule has 0 spiro atoms. The molecule has 0 saturated carbocycles. The van der Waals surface area contributed by atoms with Crippen LogP contribution in [0.3, 0.4) is 0 Å². The van der Waals surface area contributed by atoms with Crippen LogP contribution < -0.4 is 4.72 Å². The lowest BCUT2D eigenvalue weighted by molar-refractivity contribution is -0.137. The summed E-state index contributed by atoms with van der Waals surface area (Å²) in [5, 5.41) is 8.68. The van der Waals surface area contributed by atoms with Crippen molar-refractivity contribution in [2.24, 2.45) is 0 Å². The first-order chi connectivity index (χ1) is 8.76. The maximum absolute atomic E-state index is 12.9. The summed E-state index contributed by atoms with van der Waals surface area (Å²) in [6.45, 7) is 1.68. The molecule has 1 rings (SSSR count). The highest BCUT2D eigenvalue weighted by molar-refractivity contribution is 9.10. The molecule has 0 bridgehead atoms. The van der Waals surface area contributed by atoms with Crippen molar-refractivity contribution in [3.05, 3.63) is 28.5 Å². The van der Waals surface area contributed by atoms with E-state index in [1.54, 1.807) is 6.92 Å². The summed E-state index contributed by atoms with van der Waals surface area (Å²) in [5.74, 6) is -1.66. The molecule has 0 aliphatic rings. The number of nitrogens with one attached hydrogen (secondary N) is 1. The van der Waals surface area contributed by atoms with Gasteiger partial charge >= 0.3 is 5.97 Å². The van der Waals surface area contributed by atoms with E-state index in [-0.39, 0.29) is 15.8 Å². The summed E-state index contributed by atoms with van der Waals surface area (Å²) >= 11 is 2.97. The number of benzene rings is 1. The summed E-state index contributed by atoms with van der Waals surface area (Å²) < 4.78 is 39.4. The Labute approximate surface area is 119 Å². The van der Waals surface area contributed by atoms with Gasteiger partial charge in [-0.05, 0) is 40.5 Å². The summed E-state index contributed by atoms with van der Waals surface area (Å²) in [7, 11) is -3.89. The number of halogens is 2. The molecule has 0 aromatic heterocycles. The van der Waals surface area contributed by atoms with Gasteiger partial charge in [0.25, 0.3) is 0 Å². The highest BCUT2D eigenvalue weighted by Gasteiger charge is 2.23. The van der Waals surface area contributed by atoms with Crippen LogP contribution in [0.2, 0.25) is 0 Å². The molecule has 8 heteroatoms. The van der Waals surface area contributed by atoms with Crippen molar-refractivity contribution in [1.82, 2.24) is 4.72 Å². The number of aliphatic carboxylic acids is 1. The molecule has 0 aliphatic carbocycles. The summed E-state index contributed by atoms with van der Waals surface area (Å²) in [6, 6.07) is 2.47. The van der Waals surface area contributed by atoms with Crippen molar-refractivity contribution in [2.45, 2.75) is 30.7 Å². The third-order valence-corrected chi connectivity index (χ3v) is 4.92. The molecule has 1 aromatic rings. The number of hydrogen-bond donors (Lipinski definition) is 2. The van der Waals surface area contributed by atoms with E-state index >= 15 is 0 Å². The van der Waals surface area contributed by atoms with E-state index in [0.29, 0.717) is 6.42 Å². The van der Waals surface area contributed by atoms with Gasteiger partial charge in [-0.3, -0.25) is 4.79 Å². The fourth-order valence-corrected chi connectivity index (χ4v) is 3.82. The molecule has 1 aromatic carbocycles. The number of rotatable bonds is 6. The minimum Gasteiger partial charge on any atom is -0.481 e. The highest BCUT2D eigenvalue weighted by atomic mass is 79.9. The molecule has 5 nitrogen and oxygen atoms in total. The second-order valence-corrected chi connectivity index (χ2v) is 6.44. The molecule has 1 unspecified atom stereocenters. The van der Waals surface area contributed by atoms with Gasteiger partial charge in [0.1, 0.15) is 5.82 Å². The monoisotopic (exact) mass is 353 g/mol. The molecule has 0 amide bonds. The predicted molar refractivity (Wildman–Crippen MR) is 70.8 cm³/mol. The summed E-state index contributed by atoms with van der Waals surface area (Å²) in [6.07, 6.45) is 0.0267. The van der Waals surface area contributed by atoms with Gasteiger partial charge in [-0.1, -0.05) is 6.92 Å². The summed E-state index contributed by atoms with van der Waals surface area (Å²) in [5.41, 5.74) is 0. The molecule has 0 saturated heterocycles. The smallest absolute Gasteiger partial charge is 0.304 e. The minimum atomic E-state index is -3.89. The number of hydrogen-bond acceptors (Lipinski definition) is 3. The molecule has 106 valence electrons. The molecule has 2 N–H and O–H groups in total. The van der Waals surface area contributed by atoms with Crippen LogP contribution >= 0.6 is 15.9 Å². The lowest BCUT2D eigenvalue weighted by atomic mass is 10.2. The fourth-order valence-electron chi connectivity index (χ4n) is 1.46. The van der Waals surface area contributed by atoms with E-state index in [2.05, 4.69) is 20.7 Å². The summed E-state index contributed by atoms with van der Waals surface area (Å²) in [4.78, 5) is 10.5. The predicted octanol–water partition coefficient (Wildman–Crippen LogP) is 2.12. The quantitative estimate of drug-likeness (QED) is 0.820. The molecule has 0 heterocycles. The number of carboxylic acids is 1. The Hall–Kier alpha value is -0.990. The Morgan fingerprint density at radius 2 is 2.16 bits per heavy atom. The first kappa shape index (κ1) is 16.1. The zero-order chi connectivity index (χ0) is 14.6. The number of sulfonamides is 1.